The Morgan fingerprint density at radius 1 is 1.12 bits per heavy atom. The molecule has 0 spiro atoms. The summed E-state index contributed by atoms with van der Waals surface area (Å²) in [6, 6.07) is 18.2. The number of aromatic nitrogens is 1. The van der Waals surface area contributed by atoms with Crippen LogP contribution in [0.15, 0.2) is 65.7 Å². The highest BCUT2D eigenvalue weighted by Crippen LogP contribution is 2.34. The van der Waals surface area contributed by atoms with Crippen molar-refractivity contribution in [2.75, 3.05) is 13.7 Å². The molecule has 0 aliphatic carbocycles. The van der Waals surface area contributed by atoms with Gasteiger partial charge in [-0.1, -0.05) is 24.3 Å². The fourth-order valence-electron chi connectivity index (χ4n) is 2.81. The fourth-order valence-corrected chi connectivity index (χ4v) is 3.88. The molecule has 136 valence electrons. The molecule has 1 heterocycles. The van der Waals surface area contributed by atoms with Gasteiger partial charge in [0.1, 0.15) is 17.1 Å². The molecule has 3 rings (SSSR count). The highest BCUT2D eigenvalue weighted by molar-refractivity contribution is 8.01. The van der Waals surface area contributed by atoms with Gasteiger partial charge >= 0.3 is 5.97 Å². The van der Waals surface area contributed by atoms with Gasteiger partial charge in [-0.15, -0.1) is 11.8 Å². The lowest BCUT2D eigenvalue weighted by Crippen LogP contribution is -2.28. The monoisotopic (exact) mass is 369 g/mol. The van der Waals surface area contributed by atoms with E-state index in [0.29, 0.717) is 6.61 Å². The lowest BCUT2D eigenvalue weighted by atomic mass is 10.2. The number of methoxy groups -OCH3 is 1. The zero-order valence-electron chi connectivity index (χ0n) is 15.3. The Kier molecular flexibility index (Phi) is 5.57. The first-order valence-electron chi connectivity index (χ1n) is 8.54. The van der Waals surface area contributed by atoms with Crippen molar-refractivity contribution in [2.45, 2.75) is 30.0 Å². The Labute approximate surface area is 158 Å². The van der Waals surface area contributed by atoms with E-state index >= 15 is 0 Å². The molecule has 1 aromatic heterocycles. The Morgan fingerprint density at radius 3 is 2.73 bits per heavy atom. The maximum Gasteiger partial charge on any atom is 0.321 e. The van der Waals surface area contributed by atoms with Crippen molar-refractivity contribution in [3.8, 4) is 5.75 Å². The van der Waals surface area contributed by atoms with Crippen molar-refractivity contribution in [3.63, 3.8) is 0 Å². The summed E-state index contributed by atoms with van der Waals surface area (Å²) in [7, 11) is 1.41. The molecule has 26 heavy (non-hydrogen) atoms. The largest absolute Gasteiger partial charge is 0.492 e. The topological polar surface area (TPSA) is 40.5 Å². The van der Waals surface area contributed by atoms with Crippen molar-refractivity contribution in [1.29, 1.82) is 0 Å². The molecule has 0 fully saturated rings. The molecular formula is C21H23NO3S. The Bertz CT molecular complexity index is 901. The zero-order chi connectivity index (χ0) is 18.6. The average Bonchev–Trinajstić information content (AvgIpc) is 3.04. The number of hydrogen-bond donors (Lipinski definition) is 0. The number of thioether (sulfide) groups is 1. The quantitative estimate of drug-likeness (QED) is 0.444. The van der Waals surface area contributed by atoms with E-state index in [2.05, 4.69) is 29.0 Å². The van der Waals surface area contributed by atoms with Crippen LogP contribution < -0.4 is 4.74 Å². The molecule has 0 aliphatic rings. The van der Waals surface area contributed by atoms with Crippen LogP contribution in [0.5, 0.6) is 5.75 Å². The normalized spacial score (nSPS) is 11.5. The number of fused-ring (bicyclic) bond motifs is 1. The summed E-state index contributed by atoms with van der Waals surface area (Å²) in [6.07, 6.45) is 2.08. The van der Waals surface area contributed by atoms with Crippen LogP contribution in [0.2, 0.25) is 0 Å². The second kappa shape index (κ2) is 7.87. The minimum Gasteiger partial charge on any atom is -0.492 e. The number of carbonyl (C=O) groups excluding carboxylic acids is 1. The summed E-state index contributed by atoms with van der Waals surface area (Å²) in [5.74, 6) is 0.556. The molecule has 5 heteroatoms. The van der Waals surface area contributed by atoms with Crippen LogP contribution in [0.4, 0.5) is 0 Å². The lowest BCUT2D eigenvalue weighted by molar-refractivity contribution is -0.142. The van der Waals surface area contributed by atoms with Crippen LogP contribution in [0.25, 0.3) is 10.9 Å². The number of nitrogens with zero attached hydrogens (tertiary/aromatic N) is 1. The van der Waals surface area contributed by atoms with E-state index < -0.39 is 4.75 Å². The molecule has 0 N–H and O–H groups in total. The summed E-state index contributed by atoms with van der Waals surface area (Å²) in [5.41, 5.74) is 1.21. The molecule has 0 radical (unpaired) electrons. The van der Waals surface area contributed by atoms with E-state index in [1.165, 1.54) is 29.8 Å². The van der Waals surface area contributed by atoms with E-state index in [4.69, 9.17) is 9.47 Å². The third kappa shape index (κ3) is 4.22. The first kappa shape index (κ1) is 18.4. The Morgan fingerprint density at radius 2 is 1.92 bits per heavy atom. The summed E-state index contributed by atoms with van der Waals surface area (Å²) in [6.45, 7) is 5.06. The third-order valence-electron chi connectivity index (χ3n) is 4.14. The second-order valence-corrected chi connectivity index (χ2v) is 8.19. The highest BCUT2D eigenvalue weighted by atomic mass is 32.2. The van der Waals surface area contributed by atoms with Gasteiger partial charge < -0.3 is 14.0 Å². The van der Waals surface area contributed by atoms with Gasteiger partial charge in [0, 0.05) is 16.6 Å². The van der Waals surface area contributed by atoms with E-state index in [1.54, 1.807) is 0 Å². The van der Waals surface area contributed by atoms with Crippen LogP contribution >= 0.6 is 11.8 Å². The number of rotatable bonds is 7. The Balaban J connectivity index is 1.61. The number of carbonyl (C=O) groups is 1. The van der Waals surface area contributed by atoms with Crippen LogP contribution in [0.1, 0.15) is 13.8 Å². The van der Waals surface area contributed by atoms with Gasteiger partial charge in [-0.05, 0) is 49.6 Å². The predicted octanol–water partition coefficient (Wildman–Crippen LogP) is 4.76. The van der Waals surface area contributed by atoms with E-state index in [-0.39, 0.29) is 5.97 Å². The molecule has 0 saturated heterocycles. The van der Waals surface area contributed by atoms with E-state index in [1.807, 2.05) is 50.2 Å². The summed E-state index contributed by atoms with van der Waals surface area (Å²) >= 11 is 1.47. The number of para-hydroxylation sites is 1. The minimum atomic E-state index is -0.641. The minimum absolute atomic E-state index is 0.242. The number of esters is 1. The Hall–Kier alpha value is -2.40. The summed E-state index contributed by atoms with van der Waals surface area (Å²) < 4.78 is 12.3. The van der Waals surface area contributed by atoms with Gasteiger partial charge in [-0.2, -0.15) is 0 Å². The first-order chi connectivity index (χ1) is 12.5. The molecule has 0 unspecified atom stereocenters. The second-order valence-electron chi connectivity index (χ2n) is 6.50. The van der Waals surface area contributed by atoms with Crippen molar-refractivity contribution in [3.05, 3.63) is 60.8 Å². The molecule has 3 aromatic rings. The van der Waals surface area contributed by atoms with Gasteiger partial charge in [0.25, 0.3) is 0 Å². The van der Waals surface area contributed by atoms with Crippen LogP contribution in [0, 0.1) is 0 Å². The van der Waals surface area contributed by atoms with Crippen LogP contribution in [-0.2, 0) is 16.1 Å². The van der Waals surface area contributed by atoms with E-state index in [9.17, 15) is 4.79 Å². The van der Waals surface area contributed by atoms with Gasteiger partial charge in [-0.25, -0.2) is 0 Å². The highest BCUT2D eigenvalue weighted by Gasteiger charge is 2.30. The maximum atomic E-state index is 11.9. The molecule has 4 nitrogen and oxygen atoms in total. The smallest absolute Gasteiger partial charge is 0.321 e. The SMILES string of the molecule is COC(=O)C(C)(C)Sc1cccc(OCCn2ccc3ccccc32)c1. The molecule has 0 saturated carbocycles. The van der Waals surface area contributed by atoms with Gasteiger partial charge in [0.15, 0.2) is 0 Å². The van der Waals surface area contributed by atoms with Gasteiger partial charge in [-0.3, -0.25) is 4.79 Å². The molecular weight excluding hydrogens is 346 g/mol. The van der Waals surface area contributed by atoms with Crippen molar-refractivity contribution in [1.82, 2.24) is 4.57 Å². The first-order valence-corrected chi connectivity index (χ1v) is 9.35. The van der Waals surface area contributed by atoms with Crippen molar-refractivity contribution < 1.29 is 14.3 Å². The number of hydrogen-bond acceptors (Lipinski definition) is 4. The molecule has 0 atom stereocenters. The van der Waals surface area contributed by atoms with Gasteiger partial charge in [0.2, 0.25) is 0 Å². The number of ether oxygens (including phenoxy) is 2. The predicted molar refractivity (Wildman–Crippen MR) is 106 cm³/mol. The van der Waals surface area contributed by atoms with E-state index in [0.717, 1.165) is 17.2 Å². The average molecular weight is 369 g/mol. The molecule has 0 amide bonds. The summed E-state index contributed by atoms with van der Waals surface area (Å²) in [4.78, 5) is 12.8. The van der Waals surface area contributed by atoms with Crippen molar-refractivity contribution >= 4 is 28.6 Å². The van der Waals surface area contributed by atoms with Crippen LogP contribution in [0.3, 0.4) is 0 Å². The molecule has 0 bridgehead atoms. The summed E-state index contributed by atoms with van der Waals surface area (Å²) in [5, 5.41) is 1.23. The fraction of sp³-hybridized carbons (Fsp3) is 0.286. The molecule has 0 aliphatic heterocycles. The zero-order valence-corrected chi connectivity index (χ0v) is 16.1. The molecule has 2 aromatic carbocycles. The maximum absolute atomic E-state index is 11.9. The van der Waals surface area contributed by atoms with Crippen LogP contribution in [-0.4, -0.2) is 29.0 Å². The van der Waals surface area contributed by atoms with Gasteiger partial charge in [0.05, 0.1) is 13.7 Å². The van der Waals surface area contributed by atoms with Crippen molar-refractivity contribution in [2.24, 2.45) is 0 Å². The standard InChI is InChI=1S/C21H23NO3S/c1-21(2,20(23)24-3)26-18-9-6-8-17(15-18)25-14-13-22-12-11-16-7-4-5-10-19(16)22/h4-12,15H,13-14H2,1-3H3. The number of benzene rings is 2. The lowest BCUT2D eigenvalue weighted by Gasteiger charge is -2.21. The third-order valence-corrected chi connectivity index (χ3v) is 5.30.